The Bertz CT molecular complexity index is 350. The molecule has 1 aliphatic rings. The summed E-state index contributed by atoms with van der Waals surface area (Å²) < 4.78 is 10.7. The topological polar surface area (TPSA) is 44.5 Å². The number of hydrogen-bond acceptors (Lipinski definition) is 3. The summed E-state index contributed by atoms with van der Waals surface area (Å²) in [7, 11) is 0. The average Bonchev–Trinajstić information content (AvgIpc) is 2.12. The van der Waals surface area contributed by atoms with E-state index in [1.165, 1.54) is 0 Å². The molecule has 0 aromatic heterocycles. The average molecular weight is 209 g/mol. The van der Waals surface area contributed by atoms with Crippen LogP contribution in [0, 0.1) is 0 Å². The van der Waals surface area contributed by atoms with Crippen molar-refractivity contribution in [1.82, 2.24) is 0 Å². The lowest BCUT2D eigenvalue weighted by Gasteiger charge is -2.27. The largest absolute Gasteiger partial charge is 0.485 e. The normalized spacial score (nSPS) is 16.0. The quantitative estimate of drug-likeness (QED) is 0.757. The summed E-state index contributed by atoms with van der Waals surface area (Å²) in [6.45, 7) is 1.29. The van der Waals surface area contributed by atoms with Crippen LogP contribution < -0.4 is 10.5 Å². The maximum atomic E-state index is 5.65. The Balaban J connectivity index is 2.17. The first kappa shape index (κ1) is 9.43. The summed E-state index contributed by atoms with van der Waals surface area (Å²) in [5.74, 6) is 0.744. The van der Waals surface area contributed by atoms with E-state index < -0.39 is 0 Å². The van der Waals surface area contributed by atoms with Gasteiger partial charge in [-0.05, 0) is 12.1 Å². The van der Waals surface area contributed by atoms with Gasteiger partial charge in [-0.1, -0.05) is 24.4 Å². The third-order valence-electron chi connectivity index (χ3n) is 2.05. The highest BCUT2D eigenvalue weighted by Crippen LogP contribution is 2.21. The van der Waals surface area contributed by atoms with E-state index in [0.717, 1.165) is 11.3 Å². The van der Waals surface area contributed by atoms with Crippen LogP contribution >= 0.6 is 12.2 Å². The molecule has 4 heteroatoms. The molecule has 0 amide bonds. The SMILES string of the molecule is NC(=S)c1ccccc1OC1COC1. The van der Waals surface area contributed by atoms with Gasteiger partial charge in [0.25, 0.3) is 0 Å². The lowest BCUT2D eigenvalue weighted by molar-refractivity contribution is -0.0797. The molecule has 74 valence electrons. The van der Waals surface area contributed by atoms with Crippen LogP contribution in [0.15, 0.2) is 24.3 Å². The number of hydrogen-bond donors (Lipinski definition) is 1. The molecule has 0 spiro atoms. The van der Waals surface area contributed by atoms with E-state index in [9.17, 15) is 0 Å². The fourth-order valence-electron chi connectivity index (χ4n) is 1.23. The molecule has 3 nitrogen and oxygen atoms in total. The third kappa shape index (κ3) is 1.86. The van der Waals surface area contributed by atoms with E-state index in [2.05, 4.69) is 0 Å². The van der Waals surface area contributed by atoms with Gasteiger partial charge in [-0.25, -0.2) is 0 Å². The van der Waals surface area contributed by atoms with Crippen LogP contribution in [-0.4, -0.2) is 24.3 Å². The predicted octanol–water partition coefficient (Wildman–Crippen LogP) is 1.10. The molecule has 1 aromatic carbocycles. The van der Waals surface area contributed by atoms with Crippen molar-refractivity contribution in [2.75, 3.05) is 13.2 Å². The number of thiocarbonyl (C=S) groups is 1. The van der Waals surface area contributed by atoms with Gasteiger partial charge in [0.15, 0.2) is 0 Å². The molecule has 0 unspecified atom stereocenters. The third-order valence-corrected chi connectivity index (χ3v) is 2.27. The lowest BCUT2D eigenvalue weighted by atomic mass is 10.2. The molecule has 1 aliphatic heterocycles. The Kier molecular flexibility index (Phi) is 2.65. The first-order valence-corrected chi connectivity index (χ1v) is 4.81. The molecule has 0 radical (unpaired) electrons. The van der Waals surface area contributed by atoms with E-state index in [1.807, 2.05) is 24.3 Å². The molecule has 2 rings (SSSR count). The zero-order valence-corrected chi connectivity index (χ0v) is 8.42. The molecular formula is C10H11NO2S. The first-order valence-electron chi connectivity index (χ1n) is 4.40. The summed E-state index contributed by atoms with van der Waals surface area (Å²) in [5.41, 5.74) is 6.36. The molecule has 1 aromatic rings. The van der Waals surface area contributed by atoms with Crippen molar-refractivity contribution in [1.29, 1.82) is 0 Å². The van der Waals surface area contributed by atoms with Gasteiger partial charge in [0.1, 0.15) is 16.8 Å². The zero-order chi connectivity index (χ0) is 9.97. The van der Waals surface area contributed by atoms with E-state index in [-0.39, 0.29) is 6.10 Å². The van der Waals surface area contributed by atoms with Crippen molar-refractivity contribution in [2.24, 2.45) is 5.73 Å². The minimum absolute atomic E-state index is 0.144. The van der Waals surface area contributed by atoms with Crippen molar-refractivity contribution in [3.8, 4) is 5.75 Å². The molecule has 1 heterocycles. The minimum atomic E-state index is 0.144. The van der Waals surface area contributed by atoms with Crippen LogP contribution in [-0.2, 0) is 4.74 Å². The molecule has 0 saturated carbocycles. The smallest absolute Gasteiger partial charge is 0.145 e. The van der Waals surface area contributed by atoms with Crippen LogP contribution in [0.2, 0.25) is 0 Å². The molecule has 1 fully saturated rings. The Labute approximate surface area is 87.8 Å². The molecule has 0 atom stereocenters. The fraction of sp³-hybridized carbons (Fsp3) is 0.300. The van der Waals surface area contributed by atoms with Gasteiger partial charge in [0.2, 0.25) is 0 Å². The summed E-state index contributed by atoms with van der Waals surface area (Å²) in [6.07, 6.45) is 0.144. The minimum Gasteiger partial charge on any atom is -0.485 e. The Morgan fingerprint density at radius 2 is 2.14 bits per heavy atom. The van der Waals surface area contributed by atoms with Crippen molar-refractivity contribution in [2.45, 2.75) is 6.10 Å². The highest BCUT2D eigenvalue weighted by atomic mass is 32.1. The van der Waals surface area contributed by atoms with Gasteiger partial charge in [-0.3, -0.25) is 0 Å². The van der Waals surface area contributed by atoms with E-state index in [1.54, 1.807) is 0 Å². The first-order chi connectivity index (χ1) is 6.77. The van der Waals surface area contributed by atoms with E-state index >= 15 is 0 Å². The maximum absolute atomic E-state index is 5.65. The molecule has 1 saturated heterocycles. The second-order valence-corrected chi connectivity index (χ2v) is 3.58. The molecular weight excluding hydrogens is 198 g/mol. The molecule has 2 N–H and O–H groups in total. The van der Waals surface area contributed by atoms with Crippen molar-refractivity contribution < 1.29 is 9.47 Å². The second-order valence-electron chi connectivity index (χ2n) is 3.14. The molecule has 0 aliphatic carbocycles. The summed E-state index contributed by atoms with van der Waals surface area (Å²) >= 11 is 4.92. The van der Waals surface area contributed by atoms with Gasteiger partial charge in [-0.2, -0.15) is 0 Å². The Morgan fingerprint density at radius 1 is 1.43 bits per heavy atom. The highest BCUT2D eigenvalue weighted by Gasteiger charge is 2.21. The van der Waals surface area contributed by atoms with Crippen LogP contribution in [0.25, 0.3) is 0 Å². The summed E-state index contributed by atoms with van der Waals surface area (Å²) in [5, 5.41) is 0. The number of nitrogens with two attached hydrogens (primary N) is 1. The van der Waals surface area contributed by atoms with Gasteiger partial charge < -0.3 is 15.2 Å². The molecule has 0 bridgehead atoms. The van der Waals surface area contributed by atoms with Gasteiger partial charge in [0, 0.05) is 0 Å². The van der Waals surface area contributed by atoms with E-state index in [0.29, 0.717) is 18.2 Å². The van der Waals surface area contributed by atoms with Gasteiger partial charge in [-0.15, -0.1) is 0 Å². The van der Waals surface area contributed by atoms with Crippen LogP contribution in [0.1, 0.15) is 5.56 Å². The fourth-order valence-corrected chi connectivity index (χ4v) is 1.40. The standard InChI is InChI=1S/C10H11NO2S/c11-10(14)8-3-1-2-4-9(8)13-7-5-12-6-7/h1-4,7H,5-6H2,(H2,11,14). The van der Waals surface area contributed by atoms with Crippen molar-refractivity contribution >= 4 is 17.2 Å². The van der Waals surface area contributed by atoms with E-state index in [4.69, 9.17) is 27.4 Å². The van der Waals surface area contributed by atoms with Crippen LogP contribution in [0.3, 0.4) is 0 Å². The van der Waals surface area contributed by atoms with Gasteiger partial charge >= 0.3 is 0 Å². The summed E-state index contributed by atoms with van der Waals surface area (Å²) in [6, 6.07) is 7.51. The highest BCUT2D eigenvalue weighted by molar-refractivity contribution is 7.80. The Hall–Kier alpha value is -1.13. The maximum Gasteiger partial charge on any atom is 0.145 e. The second kappa shape index (κ2) is 3.94. The lowest BCUT2D eigenvalue weighted by Crippen LogP contribution is -2.39. The number of para-hydroxylation sites is 1. The predicted molar refractivity (Wildman–Crippen MR) is 57.6 cm³/mol. The van der Waals surface area contributed by atoms with Crippen LogP contribution in [0.4, 0.5) is 0 Å². The molecule has 14 heavy (non-hydrogen) atoms. The zero-order valence-electron chi connectivity index (χ0n) is 7.60. The van der Waals surface area contributed by atoms with Crippen molar-refractivity contribution in [3.63, 3.8) is 0 Å². The van der Waals surface area contributed by atoms with Crippen molar-refractivity contribution in [3.05, 3.63) is 29.8 Å². The number of benzene rings is 1. The number of ether oxygens (including phenoxy) is 2. The Morgan fingerprint density at radius 3 is 2.71 bits per heavy atom. The van der Waals surface area contributed by atoms with Crippen LogP contribution in [0.5, 0.6) is 5.75 Å². The van der Waals surface area contributed by atoms with Gasteiger partial charge in [0.05, 0.1) is 18.8 Å². The summed E-state index contributed by atoms with van der Waals surface area (Å²) in [4.78, 5) is 0.362. The monoisotopic (exact) mass is 209 g/mol. The number of rotatable bonds is 3.